The number of hydrogen-bond acceptors (Lipinski definition) is 4. The fraction of sp³-hybridized carbons (Fsp3) is 0.158. The molecule has 0 saturated heterocycles. The monoisotopic (exact) mass is 372 g/mol. The molecule has 0 aliphatic rings. The summed E-state index contributed by atoms with van der Waals surface area (Å²) >= 11 is 6.01. The second-order valence-electron chi connectivity index (χ2n) is 5.79. The summed E-state index contributed by atoms with van der Waals surface area (Å²) in [5.74, 6) is 1.70. The Kier molecular flexibility index (Phi) is 5.88. The predicted molar refractivity (Wildman–Crippen MR) is 101 cm³/mol. The third kappa shape index (κ3) is 4.84. The van der Waals surface area contributed by atoms with Gasteiger partial charge in [0.05, 0.1) is 18.0 Å². The van der Waals surface area contributed by atoms with Gasteiger partial charge in [-0.25, -0.2) is 0 Å². The molecular weight excluding hydrogens is 354 g/mol. The van der Waals surface area contributed by atoms with E-state index in [4.69, 9.17) is 16.0 Å². The highest BCUT2D eigenvalue weighted by molar-refractivity contribution is 6.30. The highest BCUT2D eigenvalue weighted by atomic mass is 35.5. The number of quaternary nitrogens is 1. The topological polar surface area (TPSA) is 84.9 Å². The van der Waals surface area contributed by atoms with Gasteiger partial charge >= 0.3 is 0 Å². The maximum Gasteiger partial charge on any atom is 0.269 e. The molecule has 0 spiro atoms. The molecule has 3 N–H and O–H groups in total. The number of anilines is 1. The Morgan fingerprint density at radius 2 is 1.92 bits per heavy atom. The molecule has 3 aromatic rings. The Labute approximate surface area is 155 Å². The molecule has 0 atom stereocenters. The van der Waals surface area contributed by atoms with E-state index in [0.717, 1.165) is 42.4 Å². The molecule has 0 aliphatic carbocycles. The van der Waals surface area contributed by atoms with Gasteiger partial charge in [0, 0.05) is 28.4 Å². The third-order valence-corrected chi connectivity index (χ3v) is 4.11. The fourth-order valence-electron chi connectivity index (χ4n) is 2.55. The summed E-state index contributed by atoms with van der Waals surface area (Å²) < 4.78 is 5.85. The highest BCUT2D eigenvalue weighted by Crippen LogP contribution is 2.24. The summed E-state index contributed by atoms with van der Waals surface area (Å²) in [7, 11) is 0. The number of nitro benzene ring substituents is 1. The lowest BCUT2D eigenvalue weighted by atomic mass is 10.2. The number of nitrogens with one attached hydrogen (secondary N) is 1. The number of nitro groups is 1. The largest absolute Gasteiger partial charge is 0.455 e. The van der Waals surface area contributed by atoms with Crippen molar-refractivity contribution in [1.29, 1.82) is 0 Å². The molecule has 0 saturated carbocycles. The van der Waals surface area contributed by atoms with Crippen molar-refractivity contribution >= 4 is 23.0 Å². The number of non-ortho nitro benzene ring substituents is 1. The molecule has 0 bridgehead atoms. The van der Waals surface area contributed by atoms with E-state index in [0.29, 0.717) is 5.02 Å². The smallest absolute Gasteiger partial charge is 0.269 e. The SMILES string of the molecule is O=[N+]([O-])c1ccc(NCC[NH2+]Cc2ccc(-c3cccc(Cl)c3)o2)cc1. The fourth-order valence-corrected chi connectivity index (χ4v) is 2.74. The van der Waals surface area contributed by atoms with Crippen LogP contribution in [0.5, 0.6) is 0 Å². The summed E-state index contributed by atoms with van der Waals surface area (Å²) in [5.41, 5.74) is 1.92. The van der Waals surface area contributed by atoms with E-state index in [-0.39, 0.29) is 5.69 Å². The number of nitrogens with zero attached hydrogens (tertiary/aromatic N) is 1. The molecule has 26 heavy (non-hydrogen) atoms. The van der Waals surface area contributed by atoms with E-state index >= 15 is 0 Å². The minimum Gasteiger partial charge on any atom is -0.455 e. The van der Waals surface area contributed by atoms with Crippen molar-refractivity contribution in [2.45, 2.75) is 6.54 Å². The Morgan fingerprint density at radius 3 is 2.65 bits per heavy atom. The van der Waals surface area contributed by atoms with E-state index in [1.165, 1.54) is 12.1 Å². The van der Waals surface area contributed by atoms with Crippen LogP contribution >= 0.6 is 11.6 Å². The van der Waals surface area contributed by atoms with Crippen molar-refractivity contribution in [1.82, 2.24) is 0 Å². The van der Waals surface area contributed by atoms with Crippen LogP contribution in [0.3, 0.4) is 0 Å². The van der Waals surface area contributed by atoms with Gasteiger partial charge in [-0.15, -0.1) is 0 Å². The third-order valence-electron chi connectivity index (χ3n) is 3.87. The number of furan rings is 1. The van der Waals surface area contributed by atoms with Gasteiger partial charge in [0.15, 0.2) is 5.76 Å². The van der Waals surface area contributed by atoms with E-state index in [2.05, 4.69) is 10.6 Å². The normalized spacial score (nSPS) is 10.7. The Balaban J connectivity index is 1.42. The number of nitrogens with two attached hydrogens (primary N) is 1. The Bertz CT molecular complexity index is 878. The summed E-state index contributed by atoms with van der Waals surface area (Å²) in [6.45, 7) is 2.34. The average Bonchev–Trinajstić information content (AvgIpc) is 3.11. The molecule has 0 amide bonds. The van der Waals surface area contributed by atoms with Crippen LogP contribution in [-0.2, 0) is 6.54 Å². The van der Waals surface area contributed by atoms with Crippen LogP contribution in [-0.4, -0.2) is 18.0 Å². The maximum atomic E-state index is 10.6. The second-order valence-corrected chi connectivity index (χ2v) is 6.22. The van der Waals surface area contributed by atoms with Crippen molar-refractivity contribution in [3.05, 3.63) is 81.6 Å². The Hall–Kier alpha value is -2.83. The highest BCUT2D eigenvalue weighted by Gasteiger charge is 2.07. The van der Waals surface area contributed by atoms with Gasteiger partial charge in [-0.3, -0.25) is 10.1 Å². The van der Waals surface area contributed by atoms with Gasteiger partial charge in [-0.05, 0) is 36.4 Å². The number of halogens is 1. The first-order valence-electron chi connectivity index (χ1n) is 8.26. The van der Waals surface area contributed by atoms with Gasteiger partial charge < -0.3 is 15.1 Å². The number of rotatable bonds is 8. The van der Waals surface area contributed by atoms with Gasteiger partial charge in [0.25, 0.3) is 5.69 Å². The first kappa shape index (κ1) is 18.0. The molecule has 134 valence electrons. The molecule has 7 heteroatoms. The maximum absolute atomic E-state index is 10.6. The second kappa shape index (κ2) is 8.51. The average molecular weight is 373 g/mol. The Morgan fingerprint density at radius 1 is 1.12 bits per heavy atom. The van der Waals surface area contributed by atoms with Crippen LogP contribution in [0.15, 0.2) is 65.1 Å². The van der Waals surface area contributed by atoms with Crippen molar-refractivity contribution in [2.24, 2.45) is 0 Å². The lowest BCUT2D eigenvalue weighted by Gasteiger charge is -2.05. The summed E-state index contributed by atoms with van der Waals surface area (Å²) in [5, 5.41) is 16.7. The summed E-state index contributed by atoms with van der Waals surface area (Å²) in [6, 6.07) is 17.9. The van der Waals surface area contributed by atoms with Gasteiger partial charge in [0.2, 0.25) is 0 Å². The molecule has 0 unspecified atom stereocenters. The number of benzene rings is 2. The molecule has 1 heterocycles. The minimum atomic E-state index is -0.404. The van der Waals surface area contributed by atoms with Crippen LogP contribution < -0.4 is 10.6 Å². The quantitative estimate of drug-likeness (QED) is 0.359. The van der Waals surface area contributed by atoms with Crippen LogP contribution in [0.2, 0.25) is 5.02 Å². The summed E-state index contributed by atoms with van der Waals surface area (Å²) in [4.78, 5) is 10.2. The molecule has 0 aliphatic heterocycles. The molecule has 2 aromatic carbocycles. The predicted octanol–water partition coefficient (Wildman–Crippen LogP) is 3.68. The van der Waals surface area contributed by atoms with Crippen LogP contribution in [0.1, 0.15) is 5.76 Å². The molecule has 0 radical (unpaired) electrons. The van der Waals surface area contributed by atoms with E-state index in [1.807, 2.05) is 36.4 Å². The van der Waals surface area contributed by atoms with Crippen LogP contribution in [0.25, 0.3) is 11.3 Å². The number of hydrogen-bond donors (Lipinski definition) is 2. The summed E-state index contributed by atoms with van der Waals surface area (Å²) in [6.07, 6.45) is 0. The minimum absolute atomic E-state index is 0.0930. The molecule has 6 nitrogen and oxygen atoms in total. The van der Waals surface area contributed by atoms with Gasteiger partial charge in [-0.1, -0.05) is 23.7 Å². The molecule has 3 rings (SSSR count). The van der Waals surface area contributed by atoms with Crippen molar-refractivity contribution in [3.63, 3.8) is 0 Å². The van der Waals surface area contributed by atoms with Gasteiger partial charge in [-0.2, -0.15) is 0 Å². The molecule has 0 fully saturated rings. The van der Waals surface area contributed by atoms with Crippen LogP contribution in [0.4, 0.5) is 11.4 Å². The lowest BCUT2D eigenvalue weighted by molar-refractivity contribution is -0.669. The first-order valence-corrected chi connectivity index (χ1v) is 8.64. The zero-order chi connectivity index (χ0) is 18.4. The zero-order valence-corrected chi connectivity index (χ0v) is 14.8. The van der Waals surface area contributed by atoms with E-state index in [1.54, 1.807) is 12.1 Å². The molecular formula is C19H19ClN3O3+. The van der Waals surface area contributed by atoms with Crippen molar-refractivity contribution in [2.75, 3.05) is 18.4 Å². The standard InChI is InChI=1S/C19H18ClN3O3/c20-15-3-1-2-14(12-15)19-9-8-18(26-19)13-21-10-11-22-16-4-6-17(7-5-16)23(24)25/h1-9,12,21-22H,10-11,13H2/p+1. The van der Waals surface area contributed by atoms with E-state index < -0.39 is 4.92 Å². The first-order chi connectivity index (χ1) is 12.6. The van der Waals surface area contributed by atoms with E-state index in [9.17, 15) is 10.1 Å². The van der Waals surface area contributed by atoms with Crippen molar-refractivity contribution < 1.29 is 14.7 Å². The zero-order valence-electron chi connectivity index (χ0n) is 14.0. The van der Waals surface area contributed by atoms with Gasteiger partial charge in [0.1, 0.15) is 12.3 Å². The van der Waals surface area contributed by atoms with Crippen LogP contribution in [0, 0.1) is 10.1 Å². The molecule has 1 aromatic heterocycles. The lowest BCUT2D eigenvalue weighted by Crippen LogP contribution is -2.83. The van der Waals surface area contributed by atoms with Crippen molar-refractivity contribution in [3.8, 4) is 11.3 Å².